The van der Waals surface area contributed by atoms with Crippen LogP contribution in [0, 0.1) is 17.6 Å². The lowest BCUT2D eigenvalue weighted by Gasteiger charge is -2.06. The molecule has 0 radical (unpaired) electrons. The van der Waals surface area contributed by atoms with Gasteiger partial charge in [0.1, 0.15) is 23.7 Å². The van der Waals surface area contributed by atoms with Crippen LogP contribution in [-0.2, 0) is 13.6 Å². The second-order valence-corrected chi connectivity index (χ2v) is 6.01. The van der Waals surface area contributed by atoms with Gasteiger partial charge in [0, 0.05) is 30.6 Å². The molecular weight excluding hydrogens is 335 g/mol. The van der Waals surface area contributed by atoms with Crippen LogP contribution in [0.25, 0.3) is 28.2 Å². The van der Waals surface area contributed by atoms with Crippen LogP contribution >= 0.6 is 0 Å². The predicted molar refractivity (Wildman–Crippen MR) is 94.8 cm³/mol. The van der Waals surface area contributed by atoms with Crippen molar-refractivity contribution in [2.75, 3.05) is 0 Å². The highest BCUT2D eigenvalue weighted by Gasteiger charge is 2.16. The average molecular weight is 350 g/mol. The van der Waals surface area contributed by atoms with Gasteiger partial charge in [0.25, 0.3) is 0 Å². The van der Waals surface area contributed by atoms with Crippen LogP contribution in [0.4, 0.5) is 4.39 Å². The third-order valence-electron chi connectivity index (χ3n) is 4.21. The molecule has 0 amide bonds. The normalized spacial score (nSPS) is 11.2. The lowest BCUT2D eigenvalue weighted by Crippen LogP contribution is -1.95. The number of nitroso groups, excluding NO2 is 1. The Kier molecular flexibility index (Phi) is 3.80. The quantitative estimate of drug-likeness (QED) is 0.528. The van der Waals surface area contributed by atoms with Crippen molar-refractivity contribution < 1.29 is 4.39 Å². The summed E-state index contributed by atoms with van der Waals surface area (Å²) < 4.78 is 17.1. The second-order valence-electron chi connectivity index (χ2n) is 6.01. The molecule has 0 bridgehead atoms. The van der Waals surface area contributed by atoms with E-state index in [1.54, 1.807) is 23.9 Å². The smallest absolute Gasteiger partial charge is 0.144 e. The summed E-state index contributed by atoms with van der Waals surface area (Å²) in [5, 5.41) is 7.44. The molecule has 0 aliphatic carbocycles. The van der Waals surface area contributed by atoms with Crippen molar-refractivity contribution in [1.82, 2.24) is 24.1 Å². The third kappa shape index (κ3) is 2.65. The summed E-state index contributed by atoms with van der Waals surface area (Å²) in [6, 6.07) is 6.80. The van der Waals surface area contributed by atoms with E-state index >= 15 is 0 Å². The Hall–Kier alpha value is -3.42. The molecule has 0 aromatic carbocycles. The molecule has 4 aromatic rings. The highest BCUT2D eigenvalue weighted by atomic mass is 19.1. The van der Waals surface area contributed by atoms with Crippen LogP contribution in [0.3, 0.4) is 0 Å². The fourth-order valence-electron chi connectivity index (χ4n) is 2.94. The summed E-state index contributed by atoms with van der Waals surface area (Å²) in [5.41, 5.74) is 4.75. The van der Waals surface area contributed by atoms with E-state index in [9.17, 15) is 9.30 Å². The van der Waals surface area contributed by atoms with E-state index in [4.69, 9.17) is 0 Å². The SMILES string of the molecule is Cc1nc(-c2nn(C)cc2-c2ccc3ncc(CN=O)n3c2)ccc1F. The van der Waals surface area contributed by atoms with Gasteiger partial charge < -0.3 is 4.40 Å². The minimum absolute atomic E-state index is 0.0449. The van der Waals surface area contributed by atoms with Crippen LogP contribution in [0.2, 0.25) is 0 Å². The first-order valence-electron chi connectivity index (χ1n) is 7.99. The number of imidazole rings is 1. The molecule has 0 unspecified atom stereocenters. The van der Waals surface area contributed by atoms with Gasteiger partial charge in [-0.25, -0.2) is 14.4 Å². The summed E-state index contributed by atoms with van der Waals surface area (Å²) >= 11 is 0. The van der Waals surface area contributed by atoms with Crippen molar-refractivity contribution in [1.29, 1.82) is 0 Å². The number of hydrogen-bond donors (Lipinski definition) is 0. The lowest BCUT2D eigenvalue weighted by atomic mass is 10.1. The Morgan fingerprint density at radius 2 is 2.04 bits per heavy atom. The van der Waals surface area contributed by atoms with Crippen molar-refractivity contribution in [2.45, 2.75) is 13.5 Å². The number of aryl methyl sites for hydroxylation is 2. The standard InChI is InChI=1S/C18H15FN6O/c1-11-15(19)4-5-16(22-11)18-14(10-24(2)23-18)12-3-6-17-20-7-13(8-21-26)25(17)9-12/h3-7,9-10H,8H2,1-2H3. The van der Waals surface area contributed by atoms with Crippen molar-refractivity contribution >= 4 is 5.65 Å². The summed E-state index contributed by atoms with van der Waals surface area (Å²) in [7, 11) is 1.82. The number of fused-ring (bicyclic) bond motifs is 1. The minimum atomic E-state index is -0.350. The molecule has 0 fully saturated rings. The Morgan fingerprint density at radius 3 is 2.81 bits per heavy atom. The number of pyridine rings is 2. The average Bonchev–Trinajstić information content (AvgIpc) is 3.21. The predicted octanol–water partition coefficient (Wildman–Crippen LogP) is 3.51. The molecule has 4 aromatic heterocycles. The van der Waals surface area contributed by atoms with Crippen LogP contribution in [0.5, 0.6) is 0 Å². The second kappa shape index (κ2) is 6.14. The fraction of sp³-hybridized carbons (Fsp3) is 0.167. The Balaban J connectivity index is 1.88. The molecule has 4 heterocycles. The van der Waals surface area contributed by atoms with Gasteiger partial charge in [-0.15, -0.1) is 0 Å². The molecule has 7 nitrogen and oxygen atoms in total. The number of aromatic nitrogens is 5. The molecule has 0 aliphatic rings. The number of rotatable bonds is 4. The van der Waals surface area contributed by atoms with E-state index < -0.39 is 0 Å². The molecule has 0 spiro atoms. The Labute approximate surface area is 148 Å². The first-order valence-corrected chi connectivity index (χ1v) is 7.99. The molecule has 130 valence electrons. The van der Waals surface area contributed by atoms with Crippen molar-refractivity contribution in [2.24, 2.45) is 12.2 Å². The minimum Gasteiger partial charge on any atom is -0.301 e. The van der Waals surface area contributed by atoms with Crippen LogP contribution in [0.1, 0.15) is 11.4 Å². The summed E-state index contributed by atoms with van der Waals surface area (Å²) in [4.78, 5) is 19.2. The molecule has 8 heteroatoms. The van der Waals surface area contributed by atoms with Crippen LogP contribution < -0.4 is 0 Å². The Morgan fingerprint density at radius 1 is 1.19 bits per heavy atom. The first-order chi connectivity index (χ1) is 12.6. The summed E-state index contributed by atoms with van der Waals surface area (Å²) in [6.07, 6.45) is 5.40. The molecule has 4 rings (SSSR count). The van der Waals surface area contributed by atoms with Gasteiger partial charge in [-0.2, -0.15) is 10.0 Å². The maximum absolute atomic E-state index is 13.6. The maximum atomic E-state index is 13.6. The van der Waals surface area contributed by atoms with E-state index in [0.29, 0.717) is 22.8 Å². The molecule has 0 atom stereocenters. The zero-order valence-electron chi connectivity index (χ0n) is 14.2. The van der Waals surface area contributed by atoms with Crippen molar-refractivity contribution in [3.05, 3.63) is 65.0 Å². The first kappa shape index (κ1) is 16.1. The van der Waals surface area contributed by atoms with Crippen molar-refractivity contribution in [3.63, 3.8) is 0 Å². The number of halogens is 1. The van der Waals surface area contributed by atoms with Gasteiger partial charge in [0.15, 0.2) is 0 Å². The molecule has 0 N–H and O–H groups in total. The number of nitrogens with zero attached hydrogens (tertiary/aromatic N) is 6. The van der Waals surface area contributed by atoms with E-state index in [1.807, 2.05) is 36.0 Å². The van der Waals surface area contributed by atoms with E-state index in [0.717, 1.165) is 16.8 Å². The van der Waals surface area contributed by atoms with Gasteiger partial charge in [-0.3, -0.25) is 4.68 Å². The van der Waals surface area contributed by atoms with Gasteiger partial charge in [0.05, 0.1) is 23.3 Å². The summed E-state index contributed by atoms with van der Waals surface area (Å²) in [5.74, 6) is -0.350. The lowest BCUT2D eigenvalue weighted by molar-refractivity contribution is 0.610. The molecule has 26 heavy (non-hydrogen) atoms. The van der Waals surface area contributed by atoms with Gasteiger partial charge in [-0.1, -0.05) is 5.18 Å². The molecule has 0 saturated carbocycles. The van der Waals surface area contributed by atoms with Crippen LogP contribution in [-0.4, -0.2) is 24.1 Å². The van der Waals surface area contributed by atoms with Gasteiger partial charge in [-0.05, 0) is 31.2 Å². The fourth-order valence-corrected chi connectivity index (χ4v) is 2.94. The number of hydrogen-bond acceptors (Lipinski definition) is 5. The third-order valence-corrected chi connectivity index (χ3v) is 4.21. The van der Waals surface area contributed by atoms with Gasteiger partial charge >= 0.3 is 0 Å². The molecular formula is C18H15FN6O. The highest BCUT2D eigenvalue weighted by molar-refractivity contribution is 5.79. The zero-order chi connectivity index (χ0) is 18.3. The van der Waals surface area contributed by atoms with Crippen LogP contribution in [0.15, 0.2) is 48.0 Å². The summed E-state index contributed by atoms with van der Waals surface area (Å²) in [6.45, 7) is 1.67. The highest BCUT2D eigenvalue weighted by Crippen LogP contribution is 2.30. The molecule has 0 saturated heterocycles. The van der Waals surface area contributed by atoms with E-state index in [2.05, 4.69) is 20.2 Å². The monoisotopic (exact) mass is 350 g/mol. The Bertz CT molecular complexity index is 1130. The van der Waals surface area contributed by atoms with Crippen molar-refractivity contribution in [3.8, 4) is 22.5 Å². The largest absolute Gasteiger partial charge is 0.301 e. The zero-order valence-corrected chi connectivity index (χ0v) is 14.2. The molecule has 0 aliphatic heterocycles. The van der Waals surface area contributed by atoms with E-state index in [-0.39, 0.29) is 12.4 Å². The van der Waals surface area contributed by atoms with E-state index in [1.165, 1.54) is 6.07 Å². The van der Waals surface area contributed by atoms with Gasteiger partial charge in [0.2, 0.25) is 0 Å². The topological polar surface area (TPSA) is 77.4 Å². The maximum Gasteiger partial charge on any atom is 0.144 e.